The molecule has 0 unspecified atom stereocenters. The van der Waals surface area contributed by atoms with Crippen molar-refractivity contribution in [2.75, 3.05) is 41.7 Å². The second-order valence-corrected chi connectivity index (χ2v) is 11.5. The Balaban J connectivity index is 0.000000242. The summed E-state index contributed by atoms with van der Waals surface area (Å²) in [5.74, 6) is -4.80. The third kappa shape index (κ3) is 11.4. The maximum Gasteiger partial charge on any atom is 0.312 e. The molecule has 0 aliphatic heterocycles. The minimum Gasteiger partial charge on any atom is -0.496 e. The molecule has 10 nitrogen and oxygen atoms in total. The van der Waals surface area contributed by atoms with Gasteiger partial charge in [-0.05, 0) is 66.7 Å². The highest BCUT2D eigenvalue weighted by Crippen LogP contribution is 2.39. The molecule has 0 saturated carbocycles. The van der Waals surface area contributed by atoms with E-state index < -0.39 is 36.6 Å². The second-order valence-electron chi connectivity index (χ2n) is 11.5. The maximum atomic E-state index is 13.8. The van der Waals surface area contributed by atoms with Crippen LogP contribution in [0.2, 0.25) is 0 Å². The highest BCUT2D eigenvalue weighted by atomic mass is 19.3. The lowest BCUT2D eigenvalue weighted by atomic mass is 10.1. The zero-order valence-corrected chi connectivity index (χ0v) is 32.0. The monoisotopic (exact) mass is 792 g/mol. The SMILES string of the molecule is CC.COCC(F)(F)c1ccc(Oc2ncccc2-c2ccc(F)cc2OC)cn1.COCC(F)(F)c1ccc(Oc2ncccc2-c2ccccc2OC)cn1. The van der Waals surface area contributed by atoms with Crippen LogP contribution in [0.5, 0.6) is 34.8 Å². The van der Waals surface area contributed by atoms with Crippen LogP contribution in [0.4, 0.5) is 22.0 Å². The zero-order chi connectivity index (χ0) is 41.4. The van der Waals surface area contributed by atoms with E-state index in [0.717, 1.165) is 11.6 Å². The van der Waals surface area contributed by atoms with Gasteiger partial charge in [0.05, 0.1) is 26.6 Å². The van der Waals surface area contributed by atoms with Crippen LogP contribution in [-0.4, -0.2) is 61.6 Å². The minimum atomic E-state index is -3.20. The number of hydrogen-bond acceptors (Lipinski definition) is 10. The minimum absolute atomic E-state index is 0.200. The van der Waals surface area contributed by atoms with E-state index in [1.165, 1.54) is 70.3 Å². The first-order valence-corrected chi connectivity index (χ1v) is 17.4. The molecule has 0 spiro atoms. The molecule has 0 saturated heterocycles. The molecule has 0 atom stereocenters. The van der Waals surface area contributed by atoms with E-state index >= 15 is 0 Å². The lowest BCUT2D eigenvalue weighted by Gasteiger charge is -2.15. The number of methoxy groups -OCH3 is 4. The molecule has 0 N–H and O–H groups in total. The van der Waals surface area contributed by atoms with Gasteiger partial charge in [0.15, 0.2) is 0 Å². The molecule has 0 aliphatic carbocycles. The maximum absolute atomic E-state index is 13.8. The topological polar surface area (TPSA) is 107 Å². The predicted molar refractivity (Wildman–Crippen MR) is 204 cm³/mol. The average Bonchev–Trinajstić information content (AvgIpc) is 3.22. The van der Waals surface area contributed by atoms with Gasteiger partial charge in [0.2, 0.25) is 11.8 Å². The molecule has 0 fully saturated rings. The number of pyridine rings is 4. The normalized spacial score (nSPS) is 11.0. The third-order valence-corrected chi connectivity index (χ3v) is 7.70. The molecule has 0 bridgehead atoms. The van der Waals surface area contributed by atoms with Crippen molar-refractivity contribution in [1.82, 2.24) is 19.9 Å². The molecule has 300 valence electrons. The van der Waals surface area contributed by atoms with Gasteiger partial charge in [0, 0.05) is 54.9 Å². The van der Waals surface area contributed by atoms with E-state index in [1.54, 1.807) is 37.6 Å². The summed E-state index contributed by atoms with van der Waals surface area (Å²) in [6.45, 7) is 2.49. The molecule has 0 radical (unpaired) electrons. The Labute approximate surface area is 327 Å². The van der Waals surface area contributed by atoms with Gasteiger partial charge in [0.1, 0.15) is 53.4 Å². The van der Waals surface area contributed by atoms with Crippen molar-refractivity contribution in [3.05, 3.63) is 133 Å². The Bertz CT molecular complexity index is 2160. The smallest absolute Gasteiger partial charge is 0.312 e. The fourth-order valence-electron chi connectivity index (χ4n) is 5.16. The summed E-state index contributed by atoms with van der Waals surface area (Å²) in [4.78, 5) is 16.0. The van der Waals surface area contributed by atoms with E-state index in [1.807, 2.05) is 44.2 Å². The Morgan fingerprint density at radius 1 is 0.509 bits per heavy atom. The van der Waals surface area contributed by atoms with Crippen molar-refractivity contribution >= 4 is 0 Å². The van der Waals surface area contributed by atoms with Crippen molar-refractivity contribution in [3.8, 4) is 57.0 Å². The lowest BCUT2D eigenvalue weighted by molar-refractivity contribution is -0.0733. The number of aromatic nitrogens is 4. The summed E-state index contributed by atoms with van der Waals surface area (Å²) in [6, 6.07) is 23.8. The fourth-order valence-corrected chi connectivity index (χ4v) is 5.16. The number of hydrogen-bond donors (Lipinski definition) is 0. The Morgan fingerprint density at radius 2 is 0.965 bits per heavy atom. The van der Waals surface area contributed by atoms with Crippen LogP contribution >= 0.6 is 0 Å². The summed E-state index contributed by atoms with van der Waals surface area (Å²) >= 11 is 0. The molecule has 0 aliphatic rings. The van der Waals surface area contributed by atoms with Crippen LogP contribution in [-0.2, 0) is 21.3 Å². The van der Waals surface area contributed by atoms with E-state index in [2.05, 4.69) is 29.4 Å². The van der Waals surface area contributed by atoms with Gasteiger partial charge in [-0.15, -0.1) is 0 Å². The number of ether oxygens (including phenoxy) is 6. The molecule has 57 heavy (non-hydrogen) atoms. The molecular formula is C42H41F5N4O6. The van der Waals surface area contributed by atoms with Crippen LogP contribution in [0.3, 0.4) is 0 Å². The van der Waals surface area contributed by atoms with Crippen LogP contribution in [0.1, 0.15) is 25.2 Å². The largest absolute Gasteiger partial charge is 0.496 e. The van der Waals surface area contributed by atoms with Gasteiger partial charge in [-0.3, -0.25) is 9.97 Å². The van der Waals surface area contributed by atoms with Gasteiger partial charge in [-0.1, -0.05) is 32.0 Å². The first-order valence-electron chi connectivity index (χ1n) is 17.4. The average molecular weight is 793 g/mol. The van der Waals surface area contributed by atoms with Crippen molar-refractivity contribution < 1.29 is 50.4 Å². The quantitative estimate of drug-likeness (QED) is 0.0990. The molecule has 4 aromatic heterocycles. The highest BCUT2D eigenvalue weighted by Gasteiger charge is 2.34. The molecule has 6 rings (SSSR count). The van der Waals surface area contributed by atoms with Crippen LogP contribution < -0.4 is 18.9 Å². The summed E-state index contributed by atoms with van der Waals surface area (Å²) in [5.41, 5.74) is 1.82. The summed E-state index contributed by atoms with van der Waals surface area (Å²) in [6.07, 6.45) is 5.52. The zero-order valence-electron chi connectivity index (χ0n) is 32.0. The Hall–Kier alpha value is -6.19. The number of nitrogens with zero attached hydrogens (tertiary/aromatic N) is 4. The molecule has 6 aromatic rings. The van der Waals surface area contributed by atoms with Crippen LogP contribution in [0.25, 0.3) is 22.3 Å². The van der Waals surface area contributed by atoms with Crippen molar-refractivity contribution in [1.29, 1.82) is 0 Å². The third-order valence-electron chi connectivity index (χ3n) is 7.70. The summed E-state index contributed by atoms with van der Waals surface area (Å²) in [5, 5.41) is 0. The van der Waals surface area contributed by atoms with E-state index in [0.29, 0.717) is 39.8 Å². The van der Waals surface area contributed by atoms with Crippen LogP contribution in [0.15, 0.2) is 116 Å². The molecule has 15 heteroatoms. The number of para-hydroxylation sites is 1. The molecule has 4 heterocycles. The highest BCUT2D eigenvalue weighted by molar-refractivity contribution is 5.75. The van der Waals surface area contributed by atoms with Gasteiger partial charge in [0.25, 0.3) is 0 Å². The van der Waals surface area contributed by atoms with Crippen molar-refractivity contribution in [2.45, 2.75) is 25.7 Å². The summed E-state index contributed by atoms with van der Waals surface area (Å²) in [7, 11) is 5.42. The van der Waals surface area contributed by atoms with Gasteiger partial charge < -0.3 is 28.4 Å². The van der Waals surface area contributed by atoms with E-state index in [9.17, 15) is 22.0 Å². The molecule has 2 aromatic carbocycles. The van der Waals surface area contributed by atoms with E-state index in [-0.39, 0.29) is 17.3 Å². The summed E-state index contributed by atoms with van der Waals surface area (Å²) < 4.78 is 100.0. The van der Waals surface area contributed by atoms with Crippen LogP contribution in [0, 0.1) is 5.82 Å². The first-order chi connectivity index (χ1) is 27.5. The van der Waals surface area contributed by atoms with Crippen molar-refractivity contribution in [2.24, 2.45) is 0 Å². The number of alkyl halides is 4. The predicted octanol–water partition coefficient (Wildman–Crippen LogP) is 10.5. The van der Waals surface area contributed by atoms with Crippen molar-refractivity contribution in [3.63, 3.8) is 0 Å². The van der Waals surface area contributed by atoms with Gasteiger partial charge >= 0.3 is 11.8 Å². The second kappa shape index (κ2) is 20.6. The molecular weight excluding hydrogens is 751 g/mol. The lowest BCUT2D eigenvalue weighted by Crippen LogP contribution is -2.21. The van der Waals surface area contributed by atoms with E-state index in [4.69, 9.17) is 18.9 Å². The Kier molecular flexibility index (Phi) is 15.8. The van der Waals surface area contributed by atoms with Gasteiger partial charge in [-0.25, -0.2) is 14.4 Å². The van der Waals surface area contributed by atoms with Gasteiger partial charge in [-0.2, -0.15) is 17.6 Å². The number of benzene rings is 2. The number of rotatable bonds is 14. The Morgan fingerprint density at radius 3 is 1.40 bits per heavy atom. The number of halogens is 5. The standard InChI is InChI=1S/C20H17F3N2O3.C20H18F2N2O3.C2H6/c1-26-12-20(22,23)18-8-6-14(11-25-18)28-19-16(4-3-9-24-19)15-7-5-13(21)10-17(15)27-2;1-25-13-20(21,22)18-10-9-14(12-24-18)27-19-16(7-5-11-23-19)15-6-3-4-8-17(15)26-2;1-2/h3-11H,12H2,1-2H3;3-12H,13H2,1-2H3;1-2H3. The molecule has 0 amide bonds. The fraction of sp³-hybridized carbons (Fsp3) is 0.238. The first kappa shape index (κ1) is 43.5.